The van der Waals surface area contributed by atoms with Crippen LogP contribution in [-0.4, -0.2) is 12.1 Å². The number of halogens is 1. The van der Waals surface area contributed by atoms with Gasteiger partial charge in [-0.05, 0) is 44.4 Å². The monoisotopic (exact) mass is 294 g/mol. The first kappa shape index (κ1) is 15.2. The summed E-state index contributed by atoms with van der Waals surface area (Å²) in [6.45, 7) is 3.99. The van der Waals surface area contributed by atoms with E-state index in [0.717, 1.165) is 18.4 Å². The summed E-state index contributed by atoms with van der Waals surface area (Å²) in [6, 6.07) is 7.83. The maximum atomic E-state index is 12.1. The number of benzene rings is 1. The molecule has 110 valence electrons. The fourth-order valence-corrected chi connectivity index (χ4v) is 2.82. The molecule has 0 bridgehead atoms. The van der Waals surface area contributed by atoms with Crippen molar-refractivity contribution < 1.29 is 4.79 Å². The van der Waals surface area contributed by atoms with Crippen LogP contribution >= 0.6 is 11.6 Å². The van der Waals surface area contributed by atoms with Crippen molar-refractivity contribution >= 4 is 17.6 Å². The highest BCUT2D eigenvalue weighted by Gasteiger charge is 2.24. The van der Waals surface area contributed by atoms with Gasteiger partial charge in [0, 0.05) is 11.1 Å². The SMILES string of the molecule is CC(C)(NC(=O)NC1CCCCC1)c1ccc(Cl)cc1. The Morgan fingerprint density at radius 2 is 1.75 bits per heavy atom. The molecule has 0 radical (unpaired) electrons. The average Bonchev–Trinajstić information content (AvgIpc) is 2.39. The lowest BCUT2D eigenvalue weighted by Gasteiger charge is -2.29. The maximum absolute atomic E-state index is 12.1. The molecule has 0 aromatic heterocycles. The second-order valence-corrected chi connectivity index (χ2v) is 6.50. The van der Waals surface area contributed by atoms with E-state index < -0.39 is 5.54 Å². The summed E-state index contributed by atoms with van der Waals surface area (Å²) in [7, 11) is 0. The number of amides is 2. The van der Waals surface area contributed by atoms with Crippen molar-refractivity contribution in [2.75, 3.05) is 0 Å². The quantitative estimate of drug-likeness (QED) is 0.861. The molecule has 2 amide bonds. The van der Waals surface area contributed by atoms with Crippen LogP contribution in [0.1, 0.15) is 51.5 Å². The topological polar surface area (TPSA) is 41.1 Å². The Morgan fingerprint density at radius 3 is 2.35 bits per heavy atom. The van der Waals surface area contributed by atoms with Gasteiger partial charge in [0.05, 0.1) is 5.54 Å². The molecular weight excluding hydrogens is 272 g/mol. The van der Waals surface area contributed by atoms with Gasteiger partial charge in [-0.2, -0.15) is 0 Å². The first-order valence-corrected chi connectivity index (χ1v) is 7.70. The molecule has 4 heteroatoms. The number of carbonyl (C=O) groups excluding carboxylic acids is 1. The average molecular weight is 295 g/mol. The van der Waals surface area contributed by atoms with Gasteiger partial charge >= 0.3 is 6.03 Å². The summed E-state index contributed by atoms with van der Waals surface area (Å²) < 4.78 is 0. The number of rotatable bonds is 3. The molecule has 0 spiro atoms. The lowest BCUT2D eigenvalue weighted by Crippen LogP contribution is -2.49. The van der Waals surface area contributed by atoms with Gasteiger partial charge in [0.1, 0.15) is 0 Å². The molecule has 1 aromatic rings. The minimum atomic E-state index is -0.413. The zero-order valence-corrected chi connectivity index (χ0v) is 13.0. The molecule has 0 atom stereocenters. The zero-order chi connectivity index (χ0) is 14.6. The lowest BCUT2D eigenvalue weighted by molar-refractivity contribution is 0.222. The van der Waals surface area contributed by atoms with Crippen LogP contribution in [0.25, 0.3) is 0 Å². The second kappa shape index (κ2) is 6.49. The first-order chi connectivity index (χ1) is 9.47. The number of urea groups is 1. The summed E-state index contributed by atoms with van der Waals surface area (Å²) in [5, 5.41) is 6.83. The summed E-state index contributed by atoms with van der Waals surface area (Å²) >= 11 is 5.90. The molecule has 3 nitrogen and oxygen atoms in total. The highest BCUT2D eigenvalue weighted by atomic mass is 35.5. The maximum Gasteiger partial charge on any atom is 0.315 e. The van der Waals surface area contributed by atoms with Crippen molar-refractivity contribution in [1.82, 2.24) is 10.6 Å². The van der Waals surface area contributed by atoms with Crippen LogP contribution in [0.15, 0.2) is 24.3 Å². The minimum Gasteiger partial charge on any atom is -0.335 e. The molecule has 1 aliphatic rings. The van der Waals surface area contributed by atoms with Gasteiger partial charge < -0.3 is 10.6 Å². The van der Waals surface area contributed by atoms with Gasteiger partial charge in [-0.3, -0.25) is 0 Å². The third kappa shape index (κ3) is 4.14. The Morgan fingerprint density at radius 1 is 1.15 bits per heavy atom. The van der Waals surface area contributed by atoms with E-state index in [2.05, 4.69) is 10.6 Å². The molecule has 2 rings (SSSR count). The summed E-state index contributed by atoms with van der Waals surface area (Å²) in [5.41, 5.74) is 0.629. The highest BCUT2D eigenvalue weighted by Crippen LogP contribution is 2.22. The van der Waals surface area contributed by atoms with E-state index in [-0.39, 0.29) is 6.03 Å². The first-order valence-electron chi connectivity index (χ1n) is 7.32. The Kier molecular flexibility index (Phi) is 4.92. The van der Waals surface area contributed by atoms with Crippen LogP contribution in [0, 0.1) is 0 Å². The standard InChI is InChI=1S/C16H23ClN2O/c1-16(2,12-8-10-13(17)11-9-12)19-15(20)18-14-6-4-3-5-7-14/h8-11,14H,3-7H2,1-2H3,(H2,18,19,20). The van der Waals surface area contributed by atoms with Crippen molar-refractivity contribution in [3.63, 3.8) is 0 Å². The van der Waals surface area contributed by atoms with E-state index in [0.29, 0.717) is 11.1 Å². The largest absolute Gasteiger partial charge is 0.335 e. The van der Waals surface area contributed by atoms with Crippen LogP contribution in [0.3, 0.4) is 0 Å². The normalized spacial score (nSPS) is 16.8. The van der Waals surface area contributed by atoms with Crippen LogP contribution in [-0.2, 0) is 5.54 Å². The molecular formula is C16H23ClN2O. The van der Waals surface area contributed by atoms with E-state index in [4.69, 9.17) is 11.6 Å². The molecule has 20 heavy (non-hydrogen) atoms. The van der Waals surface area contributed by atoms with E-state index in [1.807, 2.05) is 38.1 Å². The highest BCUT2D eigenvalue weighted by molar-refractivity contribution is 6.30. The van der Waals surface area contributed by atoms with E-state index >= 15 is 0 Å². The van der Waals surface area contributed by atoms with E-state index in [1.165, 1.54) is 19.3 Å². The van der Waals surface area contributed by atoms with Crippen LogP contribution in [0.4, 0.5) is 4.79 Å². The predicted molar refractivity (Wildman–Crippen MR) is 83.0 cm³/mol. The van der Waals surface area contributed by atoms with Gasteiger partial charge in [-0.15, -0.1) is 0 Å². The van der Waals surface area contributed by atoms with Gasteiger partial charge in [0.2, 0.25) is 0 Å². The zero-order valence-electron chi connectivity index (χ0n) is 12.2. The third-order valence-electron chi connectivity index (χ3n) is 3.93. The minimum absolute atomic E-state index is 0.0863. The summed E-state index contributed by atoms with van der Waals surface area (Å²) in [5.74, 6) is 0. The molecule has 1 saturated carbocycles. The molecule has 1 aromatic carbocycles. The summed E-state index contributed by atoms with van der Waals surface area (Å²) in [4.78, 5) is 12.1. The van der Waals surface area contributed by atoms with Crippen molar-refractivity contribution in [2.45, 2.75) is 57.5 Å². The Hall–Kier alpha value is -1.22. The lowest BCUT2D eigenvalue weighted by atomic mass is 9.94. The molecule has 0 unspecified atom stereocenters. The molecule has 0 aliphatic heterocycles. The fourth-order valence-electron chi connectivity index (χ4n) is 2.69. The van der Waals surface area contributed by atoms with Gasteiger partial charge in [-0.25, -0.2) is 4.79 Å². The smallest absolute Gasteiger partial charge is 0.315 e. The molecule has 1 aliphatic carbocycles. The van der Waals surface area contributed by atoms with Gasteiger partial charge in [0.25, 0.3) is 0 Å². The fraction of sp³-hybridized carbons (Fsp3) is 0.562. The van der Waals surface area contributed by atoms with Crippen molar-refractivity contribution in [1.29, 1.82) is 0 Å². The molecule has 2 N–H and O–H groups in total. The van der Waals surface area contributed by atoms with E-state index in [9.17, 15) is 4.79 Å². The number of hydrogen-bond acceptors (Lipinski definition) is 1. The molecule has 0 saturated heterocycles. The summed E-state index contributed by atoms with van der Waals surface area (Å²) in [6.07, 6.45) is 5.90. The van der Waals surface area contributed by atoms with Crippen molar-refractivity contribution in [2.24, 2.45) is 0 Å². The van der Waals surface area contributed by atoms with E-state index in [1.54, 1.807) is 0 Å². The van der Waals surface area contributed by atoms with Gasteiger partial charge in [0.15, 0.2) is 0 Å². The Labute approximate surface area is 126 Å². The Balaban J connectivity index is 1.93. The van der Waals surface area contributed by atoms with Crippen molar-refractivity contribution in [3.05, 3.63) is 34.9 Å². The number of nitrogens with one attached hydrogen (secondary N) is 2. The third-order valence-corrected chi connectivity index (χ3v) is 4.18. The van der Waals surface area contributed by atoms with Crippen molar-refractivity contribution in [3.8, 4) is 0 Å². The number of carbonyl (C=O) groups is 1. The van der Waals surface area contributed by atoms with Gasteiger partial charge in [-0.1, -0.05) is 43.0 Å². The molecule has 0 heterocycles. The predicted octanol–water partition coefficient (Wildman–Crippen LogP) is 4.21. The number of hydrogen-bond donors (Lipinski definition) is 2. The Bertz CT molecular complexity index is 450. The van der Waals surface area contributed by atoms with Crippen LogP contribution in [0.5, 0.6) is 0 Å². The van der Waals surface area contributed by atoms with Crippen LogP contribution in [0.2, 0.25) is 5.02 Å². The molecule has 1 fully saturated rings. The van der Waals surface area contributed by atoms with Crippen LogP contribution < -0.4 is 10.6 Å². The second-order valence-electron chi connectivity index (χ2n) is 6.07.